The first kappa shape index (κ1) is 17.3. The lowest BCUT2D eigenvalue weighted by Crippen LogP contribution is -2.45. The van der Waals surface area contributed by atoms with E-state index in [0.29, 0.717) is 12.0 Å². The van der Waals surface area contributed by atoms with Gasteiger partial charge in [0.15, 0.2) is 5.96 Å². The van der Waals surface area contributed by atoms with E-state index in [9.17, 15) is 0 Å². The predicted molar refractivity (Wildman–Crippen MR) is 101 cm³/mol. The summed E-state index contributed by atoms with van der Waals surface area (Å²) < 4.78 is 0. The molecule has 24 heavy (non-hydrogen) atoms. The van der Waals surface area contributed by atoms with Gasteiger partial charge in [0.1, 0.15) is 0 Å². The van der Waals surface area contributed by atoms with Crippen LogP contribution in [-0.4, -0.2) is 48.0 Å². The Bertz CT molecular complexity index is 561. The maximum atomic E-state index is 6.26. The minimum atomic E-state index is 0.460. The van der Waals surface area contributed by atoms with Crippen LogP contribution in [0, 0.1) is 5.92 Å². The van der Waals surface area contributed by atoms with Crippen LogP contribution in [0.3, 0.4) is 0 Å². The van der Waals surface area contributed by atoms with Crippen LogP contribution in [0.15, 0.2) is 29.3 Å². The quantitative estimate of drug-likeness (QED) is 0.683. The molecule has 0 amide bonds. The summed E-state index contributed by atoms with van der Waals surface area (Å²) in [6, 6.07) is 9.30. The summed E-state index contributed by atoms with van der Waals surface area (Å²) in [6.45, 7) is 9.71. The topological polar surface area (TPSA) is 44.9 Å². The first-order chi connectivity index (χ1) is 11.6. The molecule has 132 valence electrons. The van der Waals surface area contributed by atoms with Crippen molar-refractivity contribution in [3.8, 4) is 0 Å². The van der Waals surface area contributed by atoms with Crippen molar-refractivity contribution in [2.24, 2.45) is 16.6 Å². The molecule has 0 radical (unpaired) electrons. The van der Waals surface area contributed by atoms with Gasteiger partial charge in [-0.25, -0.2) is 0 Å². The molecule has 3 rings (SSSR count). The van der Waals surface area contributed by atoms with Crippen LogP contribution in [0.25, 0.3) is 0 Å². The lowest BCUT2D eigenvalue weighted by Gasteiger charge is -2.37. The maximum absolute atomic E-state index is 6.26. The Kier molecular flexibility index (Phi) is 5.77. The van der Waals surface area contributed by atoms with E-state index in [1.54, 1.807) is 0 Å². The fourth-order valence-electron chi connectivity index (χ4n) is 3.96. The SMILES string of the molecule is CC(C)C(CN=C(N)N1CCCCC1)N1CCc2ccccc2C1. The van der Waals surface area contributed by atoms with Gasteiger partial charge in [0.05, 0.1) is 6.54 Å². The molecule has 1 atom stereocenters. The van der Waals surface area contributed by atoms with Crippen molar-refractivity contribution >= 4 is 5.96 Å². The Morgan fingerprint density at radius 1 is 1.08 bits per heavy atom. The summed E-state index contributed by atoms with van der Waals surface area (Å²) in [4.78, 5) is 9.63. The number of piperidine rings is 1. The smallest absolute Gasteiger partial charge is 0.191 e. The molecule has 1 fully saturated rings. The molecular weight excluding hydrogens is 296 g/mol. The van der Waals surface area contributed by atoms with E-state index in [0.717, 1.165) is 45.1 Å². The third kappa shape index (κ3) is 4.10. The van der Waals surface area contributed by atoms with Crippen molar-refractivity contribution in [2.45, 2.75) is 52.1 Å². The van der Waals surface area contributed by atoms with Crippen molar-refractivity contribution in [2.75, 3.05) is 26.2 Å². The van der Waals surface area contributed by atoms with Gasteiger partial charge in [-0.2, -0.15) is 0 Å². The molecule has 1 saturated heterocycles. The largest absolute Gasteiger partial charge is 0.370 e. The molecule has 1 unspecified atom stereocenters. The first-order valence-electron chi connectivity index (χ1n) is 9.51. The van der Waals surface area contributed by atoms with Crippen LogP contribution >= 0.6 is 0 Å². The van der Waals surface area contributed by atoms with E-state index in [-0.39, 0.29) is 0 Å². The summed E-state index contributed by atoms with van der Waals surface area (Å²) in [5.41, 5.74) is 9.24. The molecule has 1 aromatic rings. The van der Waals surface area contributed by atoms with Crippen molar-refractivity contribution in [1.29, 1.82) is 0 Å². The Labute approximate surface area is 146 Å². The highest BCUT2D eigenvalue weighted by Gasteiger charge is 2.25. The van der Waals surface area contributed by atoms with Gasteiger partial charge in [0.2, 0.25) is 0 Å². The molecule has 1 aromatic carbocycles. The monoisotopic (exact) mass is 328 g/mol. The van der Waals surface area contributed by atoms with Gasteiger partial charge in [-0.1, -0.05) is 38.1 Å². The molecule has 0 aromatic heterocycles. The first-order valence-corrected chi connectivity index (χ1v) is 9.51. The highest BCUT2D eigenvalue weighted by atomic mass is 15.3. The maximum Gasteiger partial charge on any atom is 0.191 e. The molecule has 4 heteroatoms. The van der Waals surface area contributed by atoms with Gasteiger partial charge in [0, 0.05) is 32.2 Å². The fraction of sp³-hybridized carbons (Fsp3) is 0.650. The normalized spacial score (nSPS) is 21.0. The highest BCUT2D eigenvalue weighted by molar-refractivity contribution is 5.78. The molecule has 2 heterocycles. The van der Waals surface area contributed by atoms with Crippen LogP contribution in [0.1, 0.15) is 44.2 Å². The number of fused-ring (bicyclic) bond motifs is 1. The zero-order chi connectivity index (χ0) is 16.9. The van der Waals surface area contributed by atoms with Gasteiger partial charge in [0.25, 0.3) is 0 Å². The number of likely N-dealkylation sites (tertiary alicyclic amines) is 1. The van der Waals surface area contributed by atoms with E-state index in [1.807, 2.05) is 0 Å². The van der Waals surface area contributed by atoms with Crippen LogP contribution in [0.4, 0.5) is 0 Å². The van der Waals surface area contributed by atoms with Crippen LogP contribution in [-0.2, 0) is 13.0 Å². The number of hydrogen-bond donors (Lipinski definition) is 1. The zero-order valence-corrected chi connectivity index (χ0v) is 15.2. The summed E-state index contributed by atoms with van der Waals surface area (Å²) >= 11 is 0. The highest BCUT2D eigenvalue weighted by Crippen LogP contribution is 2.23. The van der Waals surface area contributed by atoms with Crippen molar-refractivity contribution < 1.29 is 0 Å². The van der Waals surface area contributed by atoms with Gasteiger partial charge in [-0.05, 0) is 42.7 Å². The lowest BCUT2D eigenvalue weighted by atomic mass is 9.95. The lowest BCUT2D eigenvalue weighted by molar-refractivity contribution is 0.144. The number of benzene rings is 1. The summed E-state index contributed by atoms with van der Waals surface area (Å²) in [5, 5.41) is 0. The Morgan fingerprint density at radius 3 is 2.50 bits per heavy atom. The number of guanidine groups is 1. The van der Waals surface area contributed by atoms with Gasteiger partial charge in [-0.3, -0.25) is 9.89 Å². The third-order valence-corrected chi connectivity index (χ3v) is 5.52. The molecule has 0 aliphatic carbocycles. The van der Waals surface area contributed by atoms with Crippen LogP contribution < -0.4 is 5.73 Å². The average Bonchev–Trinajstić information content (AvgIpc) is 2.62. The second kappa shape index (κ2) is 8.02. The molecular formula is C20H32N4. The minimum absolute atomic E-state index is 0.460. The third-order valence-electron chi connectivity index (χ3n) is 5.52. The van der Waals surface area contributed by atoms with Crippen LogP contribution in [0.2, 0.25) is 0 Å². The summed E-state index contributed by atoms with van der Waals surface area (Å²) in [6.07, 6.45) is 4.95. The predicted octanol–water partition coefficient (Wildman–Crippen LogP) is 2.87. The van der Waals surface area contributed by atoms with E-state index in [2.05, 4.69) is 47.9 Å². The second-order valence-electron chi connectivity index (χ2n) is 7.55. The average molecular weight is 329 g/mol. The Balaban J connectivity index is 1.65. The molecule has 4 nitrogen and oxygen atoms in total. The second-order valence-corrected chi connectivity index (χ2v) is 7.55. The number of hydrogen-bond acceptors (Lipinski definition) is 2. The fourth-order valence-corrected chi connectivity index (χ4v) is 3.96. The molecule has 0 bridgehead atoms. The minimum Gasteiger partial charge on any atom is -0.370 e. The number of aliphatic imine (C=N–C) groups is 1. The molecule has 2 N–H and O–H groups in total. The standard InChI is InChI=1S/C20H32N4/c1-16(2)19(14-22-20(21)23-11-6-3-7-12-23)24-13-10-17-8-4-5-9-18(17)15-24/h4-5,8-9,16,19H,3,6-7,10-15H2,1-2H3,(H2,21,22). The zero-order valence-electron chi connectivity index (χ0n) is 15.2. The number of nitrogens with two attached hydrogens (primary N) is 1. The van der Waals surface area contributed by atoms with Gasteiger partial charge >= 0.3 is 0 Å². The molecule has 0 saturated carbocycles. The summed E-state index contributed by atoms with van der Waals surface area (Å²) in [5.74, 6) is 1.32. The molecule has 2 aliphatic heterocycles. The molecule has 0 spiro atoms. The number of rotatable bonds is 4. The Morgan fingerprint density at radius 2 is 1.79 bits per heavy atom. The number of nitrogens with zero attached hydrogens (tertiary/aromatic N) is 3. The van der Waals surface area contributed by atoms with E-state index in [4.69, 9.17) is 10.7 Å². The van der Waals surface area contributed by atoms with Crippen LogP contribution in [0.5, 0.6) is 0 Å². The van der Waals surface area contributed by atoms with Crippen molar-refractivity contribution in [3.63, 3.8) is 0 Å². The van der Waals surface area contributed by atoms with Crippen molar-refractivity contribution in [3.05, 3.63) is 35.4 Å². The van der Waals surface area contributed by atoms with Gasteiger partial charge in [-0.15, -0.1) is 0 Å². The molecule has 2 aliphatic rings. The Hall–Kier alpha value is -1.55. The van der Waals surface area contributed by atoms with E-state index < -0.39 is 0 Å². The van der Waals surface area contributed by atoms with Gasteiger partial charge < -0.3 is 10.6 Å². The van der Waals surface area contributed by atoms with E-state index >= 15 is 0 Å². The van der Waals surface area contributed by atoms with E-state index in [1.165, 1.54) is 30.4 Å². The van der Waals surface area contributed by atoms with Crippen molar-refractivity contribution in [1.82, 2.24) is 9.80 Å². The summed E-state index contributed by atoms with van der Waals surface area (Å²) in [7, 11) is 0.